The van der Waals surface area contributed by atoms with E-state index in [9.17, 15) is 10.2 Å². The first-order valence-corrected chi connectivity index (χ1v) is 5.58. The Hall–Kier alpha value is -0.420. The van der Waals surface area contributed by atoms with Crippen molar-refractivity contribution in [1.29, 1.82) is 0 Å². The molecule has 15 heavy (non-hydrogen) atoms. The molecular formula is C11H15BrO3. The molecule has 1 aromatic rings. The quantitative estimate of drug-likeness (QED) is 0.781. The van der Waals surface area contributed by atoms with Gasteiger partial charge in [-0.1, -0.05) is 22.0 Å². The van der Waals surface area contributed by atoms with Crippen molar-refractivity contribution in [3.63, 3.8) is 0 Å². The fourth-order valence-electron chi connectivity index (χ4n) is 1.43. The van der Waals surface area contributed by atoms with E-state index in [4.69, 9.17) is 5.11 Å². The lowest BCUT2D eigenvalue weighted by molar-refractivity contribution is 0.00386. The van der Waals surface area contributed by atoms with Gasteiger partial charge in [0.1, 0.15) is 6.10 Å². The van der Waals surface area contributed by atoms with Crippen LogP contribution in [0.15, 0.2) is 22.7 Å². The van der Waals surface area contributed by atoms with Gasteiger partial charge in [-0.15, -0.1) is 0 Å². The second-order valence-corrected chi connectivity index (χ2v) is 4.44. The van der Waals surface area contributed by atoms with Gasteiger partial charge in [-0.25, -0.2) is 0 Å². The first-order valence-electron chi connectivity index (χ1n) is 4.79. The number of hydrogen-bond donors (Lipinski definition) is 3. The first-order chi connectivity index (χ1) is 7.06. The van der Waals surface area contributed by atoms with Crippen LogP contribution in [0, 0.1) is 6.92 Å². The molecule has 0 aliphatic carbocycles. The minimum absolute atomic E-state index is 0.134. The maximum absolute atomic E-state index is 9.84. The Balaban J connectivity index is 2.89. The van der Waals surface area contributed by atoms with Gasteiger partial charge in [-0.05, 0) is 36.6 Å². The predicted molar refractivity (Wildman–Crippen MR) is 61.5 cm³/mol. The predicted octanol–water partition coefficient (Wildman–Crippen LogP) is 1.53. The van der Waals surface area contributed by atoms with Crippen LogP contribution in [0.2, 0.25) is 0 Å². The summed E-state index contributed by atoms with van der Waals surface area (Å²) >= 11 is 3.31. The molecule has 0 heterocycles. The Morgan fingerprint density at radius 1 is 1.33 bits per heavy atom. The topological polar surface area (TPSA) is 60.7 Å². The van der Waals surface area contributed by atoms with Crippen molar-refractivity contribution < 1.29 is 15.3 Å². The maximum Gasteiger partial charge on any atom is 0.105 e. The molecule has 0 spiro atoms. The third-order valence-electron chi connectivity index (χ3n) is 2.35. The molecule has 2 unspecified atom stereocenters. The Morgan fingerprint density at radius 3 is 2.60 bits per heavy atom. The van der Waals surface area contributed by atoms with Gasteiger partial charge in [0, 0.05) is 11.1 Å². The summed E-state index contributed by atoms with van der Waals surface area (Å²) in [4.78, 5) is 0. The van der Waals surface area contributed by atoms with Gasteiger partial charge < -0.3 is 15.3 Å². The zero-order chi connectivity index (χ0) is 11.4. The van der Waals surface area contributed by atoms with Crippen molar-refractivity contribution in [2.75, 3.05) is 6.61 Å². The Kier molecular flexibility index (Phi) is 4.73. The van der Waals surface area contributed by atoms with E-state index in [0.29, 0.717) is 5.56 Å². The number of halogens is 1. The second-order valence-electron chi connectivity index (χ2n) is 3.53. The Labute approximate surface area is 97.5 Å². The highest BCUT2D eigenvalue weighted by Crippen LogP contribution is 2.25. The number of rotatable bonds is 4. The van der Waals surface area contributed by atoms with Crippen LogP contribution < -0.4 is 0 Å². The van der Waals surface area contributed by atoms with E-state index in [1.165, 1.54) is 0 Å². The zero-order valence-electron chi connectivity index (χ0n) is 8.52. The molecular weight excluding hydrogens is 260 g/mol. The minimum Gasteiger partial charge on any atom is -0.396 e. The third kappa shape index (κ3) is 3.28. The van der Waals surface area contributed by atoms with Gasteiger partial charge in [0.05, 0.1) is 6.10 Å². The van der Waals surface area contributed by atoms with Crippen LogP contribution in [-0.2, 0) is 0 Å². The second kappa shape index (κ2) is 5.61. The SMILES string of the molecule is Cc1ccc(Br)cc1C(O)C(O)CCO. The van der Waals surface area contributed by atoms with Crippen LogP contribution in [0.4, 0.5) is 0 Å². The lowest BCUT2D eigenvalue weighted by Gasteiger charge is -2.19. The van der Waals surface area contributed by atoms with Gasteiger partial charge in [0.2, 0.25) is 0 Å². The average molecular weight is 275 g/mol. The van der Waals surface area contributed by atoms with E-state index in [-0.39, 0.29) is 13.0 Å². The molecule has 1 rings (SSSR count). The molecule has 0 aliphatic heterocycles. The number of hydrogen-bond acceptors (Lipinski definition) is 3. The van der Waals surface area contributed by atoms with Crippen LogP contribution in [0.5, 0.6) is 0 Å². The summed E-state index contributed by atoms with van der Waals surface area (Å²) in [6, 6.07) is 5.53. The lowest BCUT2D eigenvalue weighted by Crippen LogP contribution is -2.20. The third-order valence-corrected chi connectivity index (χ3v) is 2.84. The number of benzene rings is 1. The molecule has 84 valence electrons. The van der Waals surface area contributed by atoms with E-state index in [1.54, 1.807) is 6.07 Å². The summed E-state index contributed by atoms with van der Waals surface area (Å²) in [6.45, 7) is 1.74. The molecule has 0 aliphatic rings. The van der Waals surface area contributed by atoms with Crippen LogP contribution in [0.1, 0.15) is 23.7 Å². The summed E-state index contributed by atoms with van der Waals surface area (Å²) in [6.07, 6.45) is -1.70. The van der Waals surface area contributed by atoms with E-state index in [0.717, 1.165) is 10.0 Å². The molecule has 3 N–H and O–H groups in total. The van der Waals surface area contributed by atoms with Crippen LogP contribution >= 0.6 is 15.9 Å². The van der Waals surface area contributed by atoms with Crippen molar-refractivity contribution in [3.05, 3.63) is 33.8 Å². The minimum atomic E-state index is -0.949. The van der Waals surface area contributed by atoms with Gasteiger partial charge in [0.15, 0.2) is 0 Å². The van der Waals surface area contributed by atoms with E-state index < -0.39 is 12.2 Å². The lowest BCUT2D eigenvalue weighted by atomic mass is 9.98. The van der Waals surface area contributed by atoms with E-state index in [1.807, 2.05) is 19.1 Å². The van der Waals surface area contributed by atoms with E-state index >= 15 is 0 Å². The molecule has 0 amide bonds. The highest BCUT2D eigenvalue weighted by molar-refractivity contribution is 9.10. The summed E-state index contributed by atoms with van der Waals surface area (Å²) in [5, 5.41) is 28.1. The van der Waals surface area contributed by atoms with Crippen molar-refractivity contribution in [2.24, 2.45) is 0 Å². The smallest absolute Gasteiger partial charge is 0.105 e. The van der Waals surface area contributed by atoms with Crippen molar-refractivity contribution in [2.45, 2.75) is 25.6 Å². The van der Waals surface area contributed by atoms with Gasteiger partial charge >= 0.3 is 0 Å². The molecule has 1 aromatic carbocycles. The summed E-state index contributed by atoms with van der Waals surface area (Å²) in [5.74, 6) is 0. The standard InChI is InChI=1S/C11H15BrO3/c1-7-2-3-8(12)6-9(7)11(15)10(14)4-5-13/h2-3,6,10-11,13-15H,4-5H2,1H3. The zero-order valence-corrected chi connectivity index (χ0v) is 10.1. The fraction of sp³-hybridized carbons (Fsp3) is 0.455. The van der Waals surface area contributed by atoms with Crippen molar-refractivity contribution >= 4 is 15.9 Å². The first kappa shape index (κ1) is 12.6. The number of aryl methyl sites for hydroxylation is 1. The van der Waals surface area contributed by atoms with Crippen molar-refractivity contribution in [1.82, 2.24) is 0 Å². The summed E-state index contributed by atoms with van der Waals surface area (Å²) in [7, 11) is 0. The van der Waals surface area contributed by atoms with Gasteiger partial charge in [-0.3, -0.25) is 0 Å². The number of aliphatic hydroxyl groups is 3. The van der Waals surface area contributed by atoms with E-state index in [2.05, 4.69) is 15.9 Å². The normalized spacial score (nSPS) is 15.0. The largest absolute Gasteiger partial charge is 0.396 e. The molecule has 0 saturated carbocycles. The molecule has 0 saturated heterocycles. The Bertz CT molecular complexity index is 328. The molecule has 0 aromatic heterocycles. The van der Waals surface area contributed by atoms with Crippen molar-refractivity contribution in [3.8, 4) is 0 Å². The molecule has 0 bridgehead atoms. The van der Waals surface area contributed by atoms with Crippen LogP contribution in [0.25, 0.3) is 0 Å². The highest BCUT2D eigenvalue weighted by Gasteiger charge is 2.19. The van der Waals surface area contributed by atoms with Gasteiger partial charge in [0.25, 0.3) is 0 Å². The monoisotopic (exact) mass is 274 g/mol. The Morgan fingerprint density at radius 2 is 2.00 bits per heavy atom. The van der Waals surface area contributed by atoms with Crippen LogP contribution in [0.3, 0.4) is 0 Å². The molecule has 4 heteroatoms. The molecule has 2 atom stereocenters. The molecule has 0 radical (unpaired) electrons. The molecule has 0 fully saturated rings. The number of aliphatic hydroxyl groups excluding tert-OH is 3. The average Bonchev–Trinajstić information content (AvgIpc) is 2.21. The fourth-order valence-corrected chi connectivity index (χ4v) is 1.81. The van der Waals surface area contributed by atoms with Gasteiger partial charge in [-0.2, -0.15) is 0 Å². The van der Waals surface area contributed by atoms with Crippen LogP contribution in [-0.4, -0.2) is 28.0 Å². The summed E-state index contributed by atoms with van der Waals surface area (Å²) < 4.78 is 0.860. The highest BCUT2D eigenvalue weighted by atomic mass is 79.9. The molecule has 3 nitrogen and oxygen atoms in total. The summed E-state index contributed by atoms with van der Waals surface area (Å²) in [5.41, 5.74) is 1.60. The maximum atomic E-state index is 9.84.